The molecular formula is C41H49FN8O7. The summed E-state index contributed by atoms with van der Waals surface area (Å²) in [7, 11) is 2.03. The summed E-state index contributed by atoms with van der Waals surface area (Å²) in [4.78, 5) is 73.9. The number of hydrogen-bond donors (Lipinski definition) is 6. The summed E-state index contributed by atoms with van der Waals surface area (Å²) in [5, 5.41) is 20.9. The van der Waals surface area contributed by atoms with Gasteiger partial charge in [0.05, 0.1) is 23.0 Å². The van der Waals surface area contributed by atoms with Crippen molar-refractivity contribution in [2.24, 2.45) is 11.7 Å². The fraction of sp³-hybridized carbons (Fsp3) is 0.439. The number of halogens is 1. The number of aromatic hydroxyl groups is 1. The molecular weight excluding hydrogens is 735 g/mol. The summed E-state index contributed by atoms with van der Waals surface area (Å²) in [6.07, 6.45) is 2.17. The van der Waals surface area contributed by atoms with Gasteiger partial charge in [-0.2, -0.15) is 0 Å². The maximum absolute atomic E-state index is 15.7. The smallest absolute Gasteiger partial charge is 0.255 e. The molecule has 3 atom stereocenters. The molecule has 16 heteroatoms. The fourth-order valence-corrected chi connectivity index (χ4v) is 7.56. The number of nitrogens with zero attached hydrogens (tertiary/aromatic N) is 3. The molecule has 0 aromatic heterocycles. The second-order valence-corrected chi connectivity index (χ2v) is 15.2. The number of phenols is 1. The minimum atomic E-state index is -1.13. The Labute approximate surface area is 330 Å². The molecule has 1 saturated heterocycles. The number of amides is 4. The Kier molecular flexibility index (Phi) is 11.9. The second-order valence-electron chi connectivity index (χ2n) is 15.2. The van der Waals surface area contributed by atoms with Crippen molar-refractivity contribution in [3.8, 4) is 11.5 Å². The highest BCUT2D eigenvalue weighted by molar-refractivity contribution is 6.18. The normalized spacial score (nSPS) is 22.3. The molecule has 7 N–H and O–H groups in total. The van der Waals surface area contributed by atoms with Crippen LogP contribution < -0.4 is 41.5 Å². The van der Waals surface area contributed by atoms with Crippen LogP contribution in [0.15, 0.2) is 54.6 Å². The zero-order chi connectivity index (χ0) is 40.2. The van der Waals surface area contributed by atoms with Crippen molar-refractivity contribution in [1.82, 2.24) is 20.9 Å². The first-order valence-corrected chi connectivity index (χ1v) is 19.5. The Morgan fingerprint density at radius 3 is 2.44 bits per heavy atom. The monoisotopic (exact) mass is 784 g/mol. The van der Waals surface area contributed by atoms with Gasteiger partial charge < -0.3 is 51.5 Å². The molecule has 57 heavy (non-hydrogen) atoms. The Morgan fingerprint density at radius 1 is 0.965 bits per heavy atom. The van der Waals surface area contributed by atoms with Crippen LogP contribution in [0.2, 0.25) is 0 Å². The Bertz CT molecular complexity index is 2020. The summed E-state index contributed by atoms with van der Waals surface area (Å²) in [6, 6.07) is 12.6. The van der Waals surface area contributed by atoms with E-state index in [9.17, 15) is 29.1 Å². The predicted octanol–water partition coefficient (Wildman–Crippen LogP) is 1.78. The Morgan fingerprint density at radius 2 is 1.72 bits per heavy atom. The van der Waals surface area contributed by atoms with Crippen LogP contribution in [0.3, 0.4) is 0 Å². The molecule has 4 amide bonds. The minimum absolute atomic E-state index is 0.0544. The summed E-state index contributed by atoms with van der Waals surface area (Å²) < 4.78 is 21.8. The van der Waals surface area contributed by atoms with Crippen molar-refractivity contribution >= 4 is 46.5 Å². The lowest BCUT2D eigenvalue weighted by molar-refractivity contribution is -0.129. The van der Waals surface area contributed by atoms with E-state index >= 15 is 4.39 Å². The van der Waals surface area contributed by atoms with Gasteiger partial charge in [0.1, 0.15) is 35.9 Å². The van der Waals surface area contributed by atoms with Gasteiger partial charge in [0, 0.05) is 63.0 Å². The molecule has 2 fully saturated rings. The fourth-order valence-electron chi connectivity index (χ4n) is 7.56. The number of hydrogen-bond acceptors (Lipinski definition) is 11. The number of carbonyl (C=O) groups is 5. The molecule has 4 aliphatic rings. The van der Waals surface area contributed by atoms with Crippen molar-refractivity contribution in [1.29, 1.82) is 0 Å². The highest BCUT2D eigenvalue weighted by atomic mass is 19.1. The topological polar surface area (TPSA) is 199 Å². The SMILES string of the molecule is CN1CCN(c2cc3c(cc2F)C(=O)C(C(=O)Nc2ccc4c(c2)C(=O)NCCC(=O)N[C@@H](CCN)C(=O)N[C@H](Cc2ccc(O)cc2)CO4)CN3C2CC2)CC1. The number of nitrogens with one attached hydrogen (secondary N) is 4. The van der Waals surface area contributed by atoms with Gasteiger partial charge in [0.25, 0.3) is 5.91 Å². The van der Waals surface area contributed by atoms with Gasteiger partial charge in [0.2, 0.25) is 17.7 Å². The molecule has 15 nitrogen and oxygen atoms in total. The van der Waals surface area contributed by atoms with Crippen LogP contribution in [0, 0.1) is 11.7 Å². The van der Waals surface area contributed by atoms with Gasteiger partial charge in [-0.25, -0.2) is 4.39 Å². The molecule has 0 radical (unpaired) electrons. The quantitative estimate of drug-likeness (QED) is 0.182. The first-order chi connectivity index (χ1) is 27.5. The summed E-state index contributed by atoms with van der Waals surface area (Å²) in [5.74, 6) is -3.93. The van der Waals surface area contributed by atoms with Crippen LogP contribution in [-0.2, 0) is 20.8 Å². The lowest BCUT2D eigenvalue weighted by atomic mass is 9.89. The molecule has 1 aliphatic carbocycles. The van der Waals surface area contributed by atoms with Gasteiger partial charge >= 0.3 is 0 Å². The number of anilines is 3. The number of piperazine rings is 1. The van der Waals surface area contributed by atoms with Crippen molar-refractivity contribution in [2.45, 2.75) is 50.2 Å². The van der Waals surface area contributed by atoms with Crippen LogP contribution in [-0.4, -0.2) is 117 Å². The average Bonchev–Trinajstić information content (AvgIpc) is 4.04. The number of rotatable bonds is 8. The van der Waals surface area contributed by atoms with Gasteiger partial charge in [-0.3, -0.25) is 24.0 Å². The molecule has 3 aliphatic heterocycles. The number of ether oxygens (including phenoxy) is 1. The van der Waals surface area contributed by atoms with E-state index in [1.54, 1.807) is 24.3 Å². The van der Waals surface area contributed by atoms with Crippen LogP contribution in [0.4, 0.5) is 21.5 Å². The molecule has 3 heterocycles. The van der Waals surface area contributed by atoms with Crippen molar-refractivity contribution < 1.29 is 38.2 Å². The standard InChI is InChI=1S/C41H49FN8O7/c1-48-14-16-49(17-15-48)35-21-34-29(20-32(35)42)38(53)31(22-50(34)27-5-6-27)40(55)45-25-4-9-36-30(19-25)39(54)44-13-11-37(52)47-33(10-12-43)41(56)46-26(23-57-36)18-24-2-7-28(51)8-3-24/h2-4,7-9,19-21,26-27,31,33,51H,5-6,10-18,22-23,43H2,1H3,(H,44,54)(H,45,55)(H,46,56)(H,47,52)/t26-,31?,33+/m1/s1. The van der Waals surface area contributed by atoms with Gasteiger partial charge in [0.15, 0.2) is 5.78 Å². The molecule has 7 rings (SSSR count). The first-order valence-electron chi connectivity index (χ1n) is 19.5. The summed E-state index contributed by atoms with van der Waals surface area (Å²) in [6.45, 7) is 3.08. The minimum Gasteiger partial charge on any atom is -0.508 e. The third-order valence-electron chi connectivity index (χ3n) is 10.9. The third-order valence-corrected chi connectivity index (χ3v) is 10.9. The van der Waals surface area contributed by atoms with Gasteiger partial charge in [-0.15, -0.1) is 0 Å². The number of nitrogens with two attached hydrogens (primary N) is 1. The van der Waals surface area contributed by atoms with Crippen LogP contribution >= 0.6 is 0 Å². The van der Waals surface area contributed by atoms with Crippen molar-refractivity contribution in [2.75, 3.05) is 74.6 Å². The molecule has 3 aromatic rings. The zero-order valence-corrected chi connectivity index (χ0v) is 31.9. The van der Waals surface area contributed by atoms with Crippen LogP contribution in [0.5, 0.6) is 11.5 Å². The lowest BCUT2D eigenvalue weighted by Gasteiger charge is -2.38. The molecule has 302 valence electrons. The summed E-state index contributed by atoms with van der Waals surface area (Å²) >= 11 is 0. The molecule has 1 saturated carbocycles. The number of Topliss-reactive ketones (excluding diaryl/α,β-unsaturated/α-hetero) is 1. The van der Waals surface area contributed by atoms with E-state index in [2.05, 4.69) is 26.2 Å². The highest BCUT2D eigenvalue weighted by Gasteiger charge is 2.43. The average molecular weight is 785 g/mol. The predicted molar refractivity (Wildman–Crippen MR) is 211 cm³/mol. The van der Waals surface area contributed by atoms with Crippen molar-refractivity contribution in [3.63, 3.8) is 0 Å². The summed E-state index contributed by atoms with van der Waals surface area (Å²) in [5.41, 5.74) is 8.09. The third kappa shape index (κ3) is 9.29. The first kappa shape index (κ1) is 39.5. The van der Waals surface area contributed by atoms with E-state index in [1.807, 2.05) is 16.8 Å². The van der Waals surface area contributed by atoms with Crippen LogP contribution in [0.1, 0.15) is 52.0 Å². The largest absolute Gasteiger partial charge is 0.508 e. The number of phenolic OH excluding ortho intramolecular Hbond substituents is 1. The van der Waals surface area contributed by atoms with E-state index in [1.165, 1.54) is 30.3 Å². The zero-order valence-electron chi connectivity index (χ0n) is 31.9. The number of ketones is 1. The Hall–Kier alpha value is -5.74. The maximum Gasteiger partial charge on any atom is 0.255 e. The van der Waals surface area contributed by atoms with E-state index < -0.39 is 53.2 Å². The van der Waals surface area contributed by atoms with Gasteiger partial charge in [-0.1, -0.05) is 12.1 Å². The van der Waals surface area contributed by atoms with E-state index in [-0.39, 0.29) is 73.4 Å². The molecule has 0 spiro atoms. The molecule has 1 unspecified atom stereocenters. The molecule has 3 aromatic carbocycles. The maximum atomic E-state index is 15.7. The Balaban J connectivity index is 1.12. The molecule has 0 bridgehead atoms. The number of likely N-dealkylation sites (N-methyl/N-ethyl adjacent to an activating group) is 1. The van der Waals surface area contributed by atoms with E-state index in [0.717, 1.165) is 31.5 Å². The number of benzene rings is 3. The van der Waals surface area contributed by atoms with E-state index in [0.29, 0.717) is 30.9 Å². The van der Waals surface area contributed by atoms with E-state index in [4.69, 9.17) is 10.5 Å². The number of fused-ring (bicyclic) bond motifs is 2. The van der Waals surface area contributed by atoms with Crippen molar-refractivity contribution in [3.05, 3.63) is 77.1 Å². The van der Waals surface area contributed by atoms with Crippen LogP contribution in [0.25, 0.3) is 0 Å². The van der Waals surface area contributed by atoms with Gasteiger partial charge in [-0.05, 0) is 87.3 Å². The second kappa shape index (κ2) is 17.2. The lowest BCUT2D eigenvalue weighted by Crippen LogP contribution is -2.52. The number of carbonyl (C=O) groups excluding carboxylic acids is 5. The highest BCUT2D eigenvalue weighted by Crippen LogP contribution is 2.41.